The van der Waals surface area contributed by atoms with Crippen LogP contribution in [0.1, 0.15) is 12.7 Å². The fourth-order valence-corrected chi connectivity index (χ4v) is 1.66. The van der Waals surface area contributed by atoms with Crippen LogP contribution in [0.2, 0.25) is 0 Å². The molecule has 3 heteroatoms. The van der Waals surface area contributed by atoms with Crippen molar-refractivity contribution in [3.63, 3.8) is 0 Å². The van der Waals surface area contributed by atoms with E-state index in [1.165, 1.54) is 0 Å². The van der Waals surface area contributed by atoms with Crippen molar-refractivity contribution in [1.82, 2.24) is 14.9 Å². The van der Waals surface area contributed by atoms with Crippen molar-refractivity contribution in [1.29, 1.82) is 0 Å². The van der Waals surface area contributed by atoms with E-state index in [2.05, 4.69) is 26.9 Å². The average molecular weight is 213 g/mol. The zero-order valence-corrected chi connectivity index (χ0v) is 9.57. The molecule has 0 amide bonds. The van der Waals surface area contributed by atoms with Crippen LogP contribution in [-0.4, -0.2) is 15.6 Å². The molecule has 0 radical (unpaired) electrons. The minimum absolute atomic E-state index is 0.0693. The van der Waals surface area contributed by atoms with Crippen molar-refractivity contribution in [2.24, 2.45) is 7.05 Å². The Kier molecular flexibility index (Phi) is 2.93. The molecule has 16 heavy (non-hydrogen) atoms. The van der Waals surface area contributed by atoms with E-state index in [9.17, 15) is 0 Å². The van der Waals surface area contributed by atoms with Crippen LogP contribution < -0.4 is 5.32 Å². The molecule has 1 aromatic carbocycles. The van der Waals surface area contributed by atoms with Gasteiger partial charge in [0.15, 0.2) is 0 Å². The van der Waals surface area contributed by atoms with Crippen molar-refractivity contribution in [2.75, 3.05) is 0 Å². The van der Waals surface area contributed by atoms with Crippen LogP contribution in [0.3, 0.4) is 0 Å². The molecule has 3 nitrogen and oxygen atoms in total. The molecule has 0 bridgehead atoms. The van der Waals surface area contributed by atoms with Crippen LogP contribution in [0, 0.1) is 12.3 Å². The molecule has 0 aliphatic heterocycles. The van der Waals surface area contributed by atoms with E-state index in [1.54, 1.807) is 0 Å². The summed E-state index contributed by atoms with van der Waals surface area (Å²) in [6.07, 6.45) is 5.31. The van der Waals surface area contributed by atoms with Gasteiger partial charge in [-0.3, -0.25) is 5.32 Å². The zero-order valence-electron chi connectivity index (χ0n) is 9.57. The van der Waals surface area contributed by atoms with Crippen molar-refractivity contribution >= 4 is 11.0 Å². The van der Waals surface area contributed by atoms with Crippen LogP contribution >= 0.6 is 0 Å². The van der Waals surface area contributed by atoms with Gasteiger partial charge < -0.3 is 4.57 Å². The van der Waals surface area contributed by atoms with Crippen LogP contribution in [0.4, 0.5) is 0 Å². The average Bonchev–Trinajstić information content (AvgIpc) is 2.64. The minimum atomic E-state index is 0.0693. The number of rotatable bonds is 3. The number of hydrogen-bond donors (Lipinski definition) is 1. The fraction of sp³-hybridized carbons (Fsp3) is 0.308. The Morgan fingerprint density at radius 2 is 2.25 bits per heavy atom. The van der Waals surface area contributed by atoms with E-state index in [0.717, 1.165) is 16.9 Å². The number of aryl methyl sites for hydroxylation is 1. The lowest BCUT2D eigenvalue weighted by molar-refractivity contribution is 0.611. The van der Waals surface area contributed by atoms with Crippen molar-refractivity contribution in [2.45, 2.75) is 19.5 Å². The zero-order chi connectivity index (χ0) is 11.5. The summed E-state index contributed by atoms with van der Waals surface area (Å²) in [6, 6.07) is 8.17. The first-order valence-corrected chi connectivity index (χ1v) is 5.32. The molecule has 2 rings (SSSR count). The summed E-state index contributed by atoms with van der Waals surface area (Å²) in [6.45, 7) is 2.65. The second-order valence-corrected chi connectivity index (χ2v) is 3.85. The summed E-state index contributed by atoms with van der Waals surface area (Å²) in [7, 11) is 2.02. The molecule has 1 unspecified atom stereocenters. The Balaban J connectivity index is 2.25. The first-order chi connectivity index (χ1) is 7.72. The number of para-hydroxylation sites is 2. The Hall–Kier alpha value is -1.79. The van der Waals surface area contributed by atoms with Crippen molar-refractivity contribution in [3.8, 4) is 12.3 Å². The number of nitrogens with zero attached hydrogens (tertiary/aromatic N) is 2. The predicted octanol–water partition coefficient (Wildman–Crippen LogP) is 1.68. The summed E-state index contributed by atoms with van der Waals surface area (Å²) < 4.78 is 2.09. The first kappa shape index (κ1) is 10.7. The topological polar surface area (TPSA) is 29.9 Å². The van der Waals surface area contributed by atoms with E-state index in [4.69, 9.17) is 6.42 Å². The summed E-state index contributed by atoms with van der Waals surface area (Å²) in [5.74, 6) is 3.64. The molecule has 0 aliphatic rings. The van der Waals surface area contributed by atoms with Gasteiger partial charge in [-0.05, 0) is 19.1 Å². The quantitative estimate of drug-likeness (QED) is 0.786. The van der Waals surface area contributed by atoms with Crippen molar-refractivity contribution < 1.29 is 0 Å². The van der Waals surface area contributed by atoms with E-state index in [0.29, 0.717) is 6.54 Å². The van der Waals surface area contributed by atoms with Gasteiger partial charge in [-0.2, -0.15) is 0 Å². The Labute approximate surface area is 95.5 Å². The maximum absolute atomic E-state index is 5.31. The number of nitrogens with one attached hydrogen (secondary N) is 1. The summed E-state index contributed by atoms with van der Waals surface area (Å²) in [5.41, 5.74) is 2.17. The number of benzene rings is 1. The van der Waals surface area contributed by atoms with E-state index < -0.39 is 0 Å². The van der Waals surface area contributed by atoms with Crippen LogP contribution in [-0.2, 0) is 13.6 Å². The lowest BCUT2D eigenvalue weighted by Crippen LogP contribution is -2.25. The van der Waals surface area contributed by atoms with Gasteiger partial charge in [-0.15, -0.1) is 6.42 Å². The summed E-state index contributed by atoms with van der Waals surface area (Å²) in [4.78, 5) is 4.55. The van der Waals surface area contributed by atoms with E-state index >= 15 is 0 Å². The molecule has 1 N–H and O–H groups in total. The SMILES string of the molecule is C#CC(C)NCc1nc2ccccc2n1C. The third-order valence-electron chi connectivity index (χ3n) is 2.70. The standard InChI is InChI=1S/C13H15N3/c1-4-10(2)14-9-13-15-11-7-5-6-8-12(11)16(13)3/h1,5-8,10,14H,9H2,2-3H3. The summed E-state index contributed by atoms with van der Waals surface area (Å²) in [5, 5.41) is 3.23. The highest BCUT2D eigenvalue weighted by molar-refractivity contribution is 5.75. The van der Waals surface area contributed by atoms with Crippen LogP contribution in [0.15, 0.2) is 24.3 Å². The normalized spacial score (nSPS) is 12.6. The van der Waals surface area contributed by atoms with Gasteiger partial charge in [-0.1, -0.05) is 18.1 Å². The highest BCUT2D eigenvalue weighted by atomic mass is 15.1. The van der Waals surface area contributed by atoms with E-state index in [-0.39, 0.29) is 6.04 Å². The molecular weight excluding hydrogens is 198 g/mol. The first-order valence-electron chi connectivity index (χ1n) is 5.32. The van der Waals surface area contributed by atoms with Gasteiger partial charge in [-0.25, -0.2) is 4.98 Å². The Bertz CT molecular complexity index is 534. The Morgan fingerprint density at radius 3 is 2.94 bits per heavy atom. The Morgan fingerprint density at radius 1 is 1.50 bits per heavy atom. The largest absolute Gasteiger partial charge is 0.330 e. The van der Waals surface area contributed by atoms with Crippen LogP contribution in [0.5, 0.6) is 0 Å². The molecule has 0 saturated carbocycles. The number of terminal acetylenes is 1. The molecule has 0 spiro atoms. The van der Waals surface area contributed by atoms with Gasteiger partial charge in [0.25, 0.3) is 0 Å². The maximum atomic E-state index is 5.31. The fourth-order valence-electron chi connectivity index (χ4n) is 1.66. The number of fused-ring (bicyclic) bond motifs is 1. The highest BCUT2D eigenvalue weighted by Crippen LogP contribution is 2.13. The molecule has 1 heterocycles. The molecule has 0 fully saturated rings. The number of aromatic nitrogens is 2. The van der Waals surface area contributed by atoms with Gasteiger partial charge >= 0.3 is 0 Å². The van der Waals surface area contributed by atoms with Crippen molar-refractivity contribution in [3.05, 3.63) is 30.1 Å². The molecule has 1 aromatic heterocycles. The van der Waals surface area contributed by atoms with Crippen LogP contribution in [0.25, 0.3) is 11.0 Å². The predicted molar refractivity (Wildman–Crippen MR) is 65.8 cm³/mol. The third kappa shape index (κ3) is 1.93. The smallest absolute Gasteiger partial charge is 0.123 e. The second-order valence-electron chi connectivity index (χ2n) is 3.85. The molecular formula is C13H15N3. The number of hydrogen-bond acceptors (Lipinski definition) is 2. The van der Waals surface area contributed by atoms with Gasteiger partial charge in [0.2, 0.25) is 0 Å². The minimum Gasteiger partial charge on any atom is -0.330 e. The monoisotopic (exact) mass is 213 g/mol. The lowest BCUT2D eigenvalue weighted by atomic mass is 10.3. The van der Waals surface area contributed by atoms with Gasteiger partial charge in [0, 0.05) is 7.05 Å². The lowest BCUT2D eigenvalue weighted by Gasteiger charge is -2.07. The molecule has 0 aliphatic carbocycles. The van der Waals surface area contributed by atoms with E-state index in [1.807, 2.05) is 32.2 Å². The molecule has 2 aromatic rings. The van der Waals surface area contributed by atoms with Gasteiger partial charge in [0.1, 0.15) is 5.82 Å². The molecule has 1 atom stereocenters. The molecule has 0 saturated heterocycles. The second kappa shape index (κ2) is 4.38. The summed E-state index contributed by atoms with van der Waals surface area (Å²) >= 11 is 0. The third-order valence-corrected chi connectivity index (χ3v) is 2.70. The van der Waals surface area contributed by atoms with Gasteiger partial charge in [0.05, 0.1) is 23.6 Å². The molecule has 82 valence electrons. The number of imidazole rings is 1. The maximum Gasteiger partial charge on any atom is 0.123 e. The highest BCUT2D eigenvalue weighted by Gasteiger charge is 2.06.